The van der Waals surface area contributed by atoms with Crippen molar-refractivity contribution in [1.29, 1.82) is 0 Å². The lowest BCUT2D eigenvalue weighted by atomic mass is 9.96. The van der Waals surface area contributed by atoms with E-state index in [-0.39, 0.29) is 17.7 Å². The van der Waals surface area contributed by atoms with E-state index in [0.29, 0.717) is 39.1 Å². The smallest absolute Gasteiger partial charge is 0.224 e. The highest BCUT2D eigenvalue weighted by Gasteiger charge is 2.29. The number of carbonyl (C=O) groups excluding carboxylic acids is 2. The van der Waals surface area contributed by atoms with E-state index >= 15 is 0 Å². The molecule has 1 N–H and O–H groups in total. The molecular weight excluding hydrogens is 252 g/mol. The lowest BCUT2D eigenvalue weighted by molar-refractivity contribution is -0.138. The lowest BCUT2D eigenvalue weighted by Crippen LogP contribution is -2.47. The topological polar surface area (TPSA) is 58.6 Å². The third-order valence-electron chi connectivity index (χ3n) is 3.04. The normalized spacial score (nSPS) is 20.0. The van der Waals surface area contributed by atoms with Crippen molar-refractivity contribution in [2.75, 3.05) is 45.4 Å². The van der Waals surface area contributed by atoms with Gasteiger partial charge in [-0.05, 0) is 12.7 Å². The first-order valence-corrected chi connectivity index (χ1v) is 7.61. The van der Waals surface area contributed by atoms with Crippen LogP contribution < -0.4 is 5.32 Å². The Labute approximate surface area is 113 Å². The summed E-state index contributed by atoms with van der Waals surface area (Å²) in [7, 11) is 1.61. The molecule has 0 radical (unpaired) electrons. The van der Waals surface area contributed by atoms with Crippen molar-refractivity contribution in [3.05, 3.63) is 0 Å². The van der Waals surface area contributed by atoms with Gasteiger partial charge in [0.25, 0.3) is 0 Å². The highest BCUT2D eigenvalue weighted by Crippen LogP contribution is 2.17. The zero-order valence-electron chi connectivity index (χ0n) is 11.1. The average Bonchev–Trinajstić information content (AvgIpc) is 2.38. The van der Waals surface area contributed by atoms with Gasteiger partial charge in [-0.15, -0.1) is 0 Å². The standard InChI is InChI=1S/C12H22N2O3S/c1-17-7-6-14-9-10(3-4-11(14)15)12(16)13-5-8-18-2/h10H,3-9H2,1-2H3,(H,13,16). The summed E-state index contributed by atoms with van der Waals surface area (Å²) >= 11 is 1.71. The summed E-state index contributed by atoms with van der Waals surface area (Å²) in [6.07, 6.45) is 3.13. The largest absolute Gasteiger partial charge is 0.383 e. The number of piperidine rings is 1. The van der Waals surface area contributed by atoms with E-state index in [9.17, 15) is 9.59 Å². The molecular formula is C12H22N2O3S. The first kappa shape index (κ1) is 15.3. The number of likely N-dealkylation sites (tertiary alicyclic amines) is 1. The molecule has 1 unspecified atom stereocenters. The first-order chi connectivity index (χ1) is 8.69. The molecule has 0 aliphatic carbocycles. The van der Waals surface area contributed by atoms with Crippen LogP contribution in [0.15, 0.2) is 0 Å². The van der Waals surface area contributed by atoms with Gasteiger partial charge >= 0.3 is 0 Å². The monoisotopic (exact) mass is 274 g/mol. The molecule has 0 bridgehead atoms. The Morgan fingerprint density at radius 3 is 3.06 bits per heavy atom. The van der Waals surface area contributed by atoms with Crippen LogP contribution in [0.4, 0.5) is 0 Å². The number of thioether (sulfide) groups is 1. The van der Waals surface area contributed by atoms with Crippen molar-refractivity contribution < 1.29 is 14.3 Å². The fraction of sp³-hybridized carbons (Fsp3) is 0.833. The molecule has 5 nitrogen and oxygen atoms in total. The number of hydrogen-bond acceptors (Lipinski definition) is 4. The highest BCUT2D eigenvalue weighted by atomic mass is 32.2. The Morgan fingerprint density at radius 2 is 2.39 bits per heavy atom. The van der Waals surface area contributed by atoms with Crippen LogP contribution in [0.2, 0.25) is 0 Å². The molecule has 1 atom stereocenters. The first-order valence-electron chi connectivity index (χ1n) is 6.22. The number of nitrogens with one attached hydrogen (secondary N) is 1. The molecule has 0 aromatic rings. The van der Waals surface area contributed by atoms with Crippen molar-refractivity contribution in [2.45, 2.75) is 12.8 Å². The average molecular weight is 274 g/mol. The number of hydrogen-bond donors (Lipinski definition) is 1. The van der Waals surface area contributed by atoms with Crippen molar-refractivity contribution in [3.8, 4) is 0 Å². The molecule has 1 saturated heterocycles. The van der Waals surface area contributed by atoms with Crippen molar-refractivity contribution in [2.24, 2.45) is 5.92 Å². The molecule has 0 aromatic heterocycles. The number of carbonyl (C=O) groups is 2. The van der Waals surface area contributed by atoms with Crippen LogP contribution in [0.3, 0.4) is 0 Å². The molecule has 0 saturated carbocycles. The molecule has 0 spiro atoms. The Kier molecular flexibility index (Phi) is 7.12. The minimum atomic E-state index is -0.0681. The summed E-state index contributed by atoms with van der Waals surface area (Å²) in [4.78, 5) is 25.3. The second-order valence-corrected chi connectivity index (χ2v) is 5.34. The minimum Gasteiger partial charge on any atom is -0.383 e. The second kappa shape index (κ2) is 8.37. The fourth-order valence-electron chi connectivity index (χ4n) is 1.97. The molecule has 1 heterocycles. The molecule has 6 heteroatoms. The molecule has 1 rings (SSSR count). The Bertz CT molecular complexity index is 286. The van der Waals surface area contributed by atoms with Crippen LogP contribution in [0.25, 0.3) is 0 Å². The summed E-state index contributed by atoms with van der Waals surface area (Å²) in [5.74, 6) is 1.05. The second-order valence-electron chi connectivity index (χ2n) is 4.35. The van der Waals surface area contributed by atoms with E-state index in [2.05, 4.69) is 5.32 Å². The van der Waals surface area contributed by atoms with E-state index in [1.54, 1.807) is 23.8 Å². The van der Waals surface area contributed by atoms with E-state index in [0.717, 1.165) is 5.75 Å². The highest BCUT2D eigenvalue weighted by molar-refractivity contribution is 7.98. The summed E-state index contributed by atoms with van der Waals surface area (Å²) < 4.78 is 4.97. The van der Waals surface area contributed by atoms with Gasteiger partial charge in [0.05, 0.1) is 12.5 Å². The quantitative estimate of drug-likeness (QED) is 0.681. The van der Waals surface area contributed by atoms with Crippen molar-refractivity contribution >= 4 is 23.6 Å². The molecule has 104 valence electrons. The summed E-state index contributed by atoms with van der Waals surface area (Å²) in [6.45, 7) is 2.31. The van der Waals surface area contributed by atoms with Gasteiger partial charge in [0.1, 0.15) is 0 Å². The maximum absolute atomic E-state index is 11.9. The van der Waals surface area contributed by atoms with Gasteiger partial charge in [0.2, 0.25) is 11.8 Å². The van der Waals surface area contributed by atoms with Crippen LogP contribution in [-0.2, 0) is 14.3 Å². The third-order valence-corrected chi connectivity index (χ3v) is 3.65. The van der Waals surface area contributed by atoms with Crippen LogP contribution >= 0.6 is 11.8 Å². The van der Waals surface area contributed by atoms with Crippen LogP contribution in [0.5, 0.6) is 0 Å². The van der Waals surface area contributed by atoms with Gasteiger partial charge in [-0.25, -0.2) is 0 Å². The van der Waals surface area contributed by atoms with Gasteiger partial charge in [-0.1, -0.05) is 0 Å². The molecule has 0 aromatic carbocycles. The number of methoxy groups -OCH3 is 1. The van der Waals surface area contributed by atoms with Gasteiger partial charge in [-0.2, -0.15) is 11.8 Å². The van der Waals surface area contributed by atoms with Gasteiger partial charge < -0.3 is 15.0 Å². The molecule has 1 aliphatic heterocycles. The van der Waals surface area contributed by atoms with Gasteiger partial charge in [0.15, 0.2) is 0 Å². The van der Waals surface area contributed by atoms with Crippen LogP contribution in [0, 0.1) is 5.92 Å². The Morgan fingerprint density at radius 1 is 1.61 bits per heavy atom. The summed E-state index contributed by atoms with van der Waals surface area (Å²) in [6, 6.07) is 0. The number of ether oxygens (including phenoxy) is 1. The lowest BCUT2D eigenvalue weighted by Gasteiger charge is -2.31. The molecule has 1 fully saturated rings. The SMILES string of the molecule is COCCN1CC(C(=O)NCCSC)CCC1=O. The maximum Gasteiger partial charge on any atom is 0.224 e. The molecule has 18 heavy (non-hydrogen) atoms. The minimum absolute atomic E-state index is 0.0681. The van der Waals surface area contributed by atoms with E-state index in [1.165, 1.54) is 0 Å². The summed E-state index contributed by atoms with van der Waals surface area (Å²) in [5.41, 5.74) is 0. The zero-order chi connectivity index (χ0) is 13.4. The predicted molar refractivity (Wildman–Crippen MR) is 72.6 cm³/mol. The predicted octanol–water partition coefficient (Wildman–Crippen LogP) is 0.351. The zero-order valence-corrected chi connectivity index (χ0v) is 11.9. The van der Waals surface area contributed by atoms with Crippen molar-refractivity contribution in [1.82, 2.24) is 10.2 Å². The van der Waals surface area contributed by atoms with E-state index in [4.69, 9.17) is 4.74 Å². The Balaban J connectivity index is 2.38. The van der Waals surface area contributed by atoms with Crippen molar-refractivity contribution in [3.63, 3.8) is 0 Å². The maximum atomic E-state index is 11.9. The van der Waals surface area contributed by atoms with Gasteiger partial charge in [0, 0.05) is 38.9 Å². The fourth-order valence-corrected chi connectivity index (χ4v) is 2.27. The number of amides is 2. The Hall–Kier alpha value is -0.750. The molecule has 1 aliphatic rings. The number of rotatable bonds is 7. The van der Waals surface area contributed by atoms with Crippen LogP contribution in [0.1, 0.15) is 12.8 Å². The summed E-state index contributed by atoms with van der Waals surface area (Å²) in [5, 5.41) is 2.92. The van der Waals surface area contributed by atoms with E-state index in [1.807, 2.05) is 6.26 Å². The third kappa shape index (κ3) is 4.86. The van der Waals surface area contributed by atoms with Crippen LogP contribution in [-0.4, -0.2) is 62.1 Å². The van der Waals surface area contributed by atoms with Gasteiger partial charge in [-0.3, -0.25) is 9.59 Å². The molecule has 2 amide bonds. The van der Waals surface area contributed by atoms with E-state index < -0.39 is 0 Å². The number of nitrogens with zero attached hydrogens (tertiary/aromatic N) is 1.